The Morgan fingerprint density at radius 3 is 2.29 bits per heavy atom. The molecule has 0 bridgehead atoms. The molecule has 4 aliphatic carbocycles. The zero-order valence-corrected chi connectivity index (χ0v) is 23.3. The van der Waals surface area contributed by atoms with Crippen LogP contribution in [-0.4, -0.2) is 27.7 Å². The Hall–Kier alpha value is -0.670. The number of aliphatic hydroxyl groups is 2. The molecule has 0 radical (unpaired) electrons. The Bertz CT molecular complexity index is 840. The van der Waals surface area contributed by atoms with E-state index in [2.05, 4.69) is 55.0 Å². The first-order valence-corrected chi connectivity index (χ1v) is 14.1. The van der Waals surface area contributed by atoms with Crippen molar-refractivity contribution in [1.82, 2.24) is 0 Å². The summed E-state index contributed by atoms with van der Waals surface area (Å²) in [6.45, 7) is 22.4. The van der Waals surface area contributed by atoms with E-state index in [0.29, 0.717) is 30.0 Å². The zero-order valence-electron chi connectivity index (χ0n) is 23.3. The number of carbonyl (C=O) groups is 1. The van der Waals surface area contributed by atoms with Gasteiger partial charge in [0.05, 0.1) is 11.7 Å². The smallest absolute Gasteiger partial charge is 0.138 e. The number of aliphatic hydroxyl groups excluding tert-OH is 1. The SMILES string of the molecule is C=C(CC[C@](C)(O)[C@H]1CC[C@]2(C)[C@@H]1[C@H](O)C[C@@H]1[C@@]3(C)CCC(=O)C(C)(C)[C@@H]3CC[C@]12C)C(C)C. The van der Waals surface area contributed by atoms with Crippen LogP contribution < -0.4 is 0 Å². The number of ketones is 1. The van der Waals surface area contributed by atoms with Gasteiger partial charge in [-0.05, 0) is 104 Å². The van der Waals surface area contributed by atoms with Crippen LogP contribution in [0.4, 0.5) is 0 Å². The summed E-state index contributed by atoms with van der Waals surface area (Å²) in [6.07, 6.45) is 7.97. The molecule has 3 nitrogen and oxygen atoms in total. The van der Waals surface area contributed by atoms with Crippen molar-refractivity contribution in [2.24, 2.45) is 51.2 Å². The van der Waals surface area contributed by atoms with E-state index in [0.717, 1.165) is 51.4 Å². The minimum absolute atomic E-state index is 0.0125. The van der Waals surface area contributed by atoms with Gasteiger partial charge in [0.15, 0.2) is 0 Å². The van der Waals surface area contributed by atoms with Crippen molar-refractivity contribution < 1.29 is 15.0 Å². The predicted octanol–water partition coefficient (Wildman–Crippen LogP) is 6.95. The normalized spacial score (nSPS) is 47.5. The summed E-state index contributed by atoms with van der Waals surface area (Å²) in [5, 5.41) is 23.5. The van der Waals surface area contributed by atoms with E-state index in [9.17, 15) is 15.0 Å². The van der Waals surface area contributed by atoms with Crippen molar-refractivity contribution in [2.45, 2.75) is 125 Å². The molecule has 9 atom stereocenters. The maximum absolute atomic E-state index is 12.9. The van der Waals surface area contributed by atoms with E-state index in [4.69, 9.17) is 0 Å². The van der Waals surface area contributed by atoms with Crippen LogP contribution in [0.2, 0.25) is 0 Å². The second-order valence-electron chi connectivity index (χ2n) is 14.8. The number of carbonyl (C=O) groups excluding carboxylic acids is 1. The number of hydrogen-bond donors (Lipinski definition) is 2. The molecule has 4 saturated carbocycles. The molecular formula is C31H52O3. The summed E-state index contributed by atoms with van der Waals surface area (Å²) >= 11 is 0. The highest BCUT2D eigenvalue weighted by Gasteiger charge is 2.71. The van der Waals surface area contributed by atoms with Gasteiger partial charge in [0.25, 0.3) is 0 Å². The number of hydrogen-bond acceptors (Lipinski definition) is 3. The van der Waals surface area contributed by atoms with Gasteiger partial charge in [0, 0.05) is 11.8 Å². The van der Waals surface area contributed by atoms with E-state index in [-0.39, 0.29) is 39.6 Å². The van der Waals surface area contributed by atoms with Crippen molar-refractivity contribution in [3.05, 3.63) is 12.2 Å². The van der Waals surface area contributed by atoms with E-state index >= 15 is 0 Å². The van der Waals surface area contributed by atoms with E-state index in [1.807, 2.05) is 6.92 Å². The Morgan fingerprint density at radius 2 is 1.68 bits per heavy atom. The van der Waals surface area contributed by atoms with Crippen molar-refractivity contribution in [3.8, 4) is 0 Å². The van der Waals surface area contributed by atoms with E-state index < -0.39 is 5.60 Å². The second kappa shape index (κ2) is 8.17. The van der Waals surface area contributed by atoms with E-state index in [1.165, 1.54) is 5.57 Å². The number of rotatable bonds is 5. The second-order valence-corrected chi connectivity index (χ2v) is 14.8. The van der Waals surface area contributed by atoms with Crippen LogP contribution in [0.1, 0.15) is 113 Å². The molecule has 0 aromatic carbocycles. The first kappa shape index (κ1) is 26.4. The molecule has 0 amide bonds. The Balaban J connectivity index is 1.65. The molecule has 194 valence electrons. The lowest BCUT2D eigenvalue weighted by atomic mass is 9.35. The number of Topliss-reactive ketones (excluding diaryl/α,β-unsaturated/α-hetero) is 1. The molecule has 4 aliphatic rings. The third-order valence-electron chi connectivity index (χ3n) is 12.7. The molecule has 34 heavy (non-hydrogen) atoms. The third kappa shape index (κ3) is 3.53. The molecule has 4 fully saturated rings. The fraction of sp³-hybridized carbons (Fsp3) is 0.903. The van der Waals surface area contributed by atoms with Crippen LogP contribution >= 0.6 is 0 Å². The van der Waals surface area contributed by atoms with Crippen molar-refractivity contribution in [1.29, 1.82) is 0 Å². The van der Waals surface area contributed by atoms with Crippen LogP contribution in [0.3, 0.4) is 0 Å². The first-order chi connectivity index (χ1) is 15.5. The minimum atomic E-state index is -0.787. The summed E-state index contributed by atoms with van der Waals surface area (Å²) in [7, 11) is 0. The van der Waals surface area contributed by atoms with Gasteiger partial charge in [0.2, 0.25) is 0 Å². The van der Waals surface area contributed by atoms with Gasteiger partial charge >= 0.3 is 0 Å². The number of allylic oxidation sites excluding steroid dienone is 1. The van der Waals surface area contributed by atoms with Gasteiger partial charge in [-0.25, -0.2) is 0 Å². The summed E-state index contributed by atoms with van der Waals surface area (Å²) in [6, 6.07) is 0. The largest absolute Gasteiger partial charge is 0.393 e. The Morgan fingerprint density at radius 1 is 1.06 bits per heavy atom. The Labute approximate surface area is 209 Å². The first-order valence-electron chi connectivity index (χ1n) is 14.1. The molecule has 0 aliphatic heterocycles. The summed E-state index contributed by atoms with van der Waals surface area (Å²) in [5.74, 6) is 1.95. The van der Waals surface area contributed by atoms with Crippen LogP contribution in [0, 0.1) is 51.2 Å². The highest BCUT2D eigenvalue weighted by molar-refractivity contribution is 5.85. The monoisotopic (exact) mass is 472 g/mol. The molecule has 0 aromatic rings. The highest BCUT2D eigenvalue weighted by Crippen LogP contribution is 2.75. The molecule has 3 heteroatoms. The van der Waals surface area contributed by atoms with Crippen molar-refractivity contribution in [3.63, 3.8) is 0 Å². The topological polar surface area (TPSA) is 57.5 Å². The minimum Gasteiger partial charge on any atom is -0.393 e. The van der Waals surface area contributed by atoms with Crippen molar-refractivity contribution in [2.75, 3.05) is 0 Å². The maximum atomic E-state index is 12.9. The molecule has 0 spiro atoms. The third-order valence-corrected chi connectivity index (χ3v) is 12.7. The molecule has 0 heterocycles. The van der Waals surface area contributed by atoms with Gasteiger partial charge in [0.1, 0.15) is 5.78 Å². The van der Waals surface area contributed by atoms with Gasteiger partial charge in [-0.1, -0.05) is 60.6 Å². The lowest BCUT2D eigenvalue weighted by Gasteiger charge is -2.69. The number of fused-ring (bicyclic) bond motifs is 5. The molecule has 4 rings (SSSR count). The average Bonchev–Trinajstić information content (AvgIpc) is 3.12. The van der Waals surface area contributed by atoms with Crippen LogP contribution in [0.15, 0.2) is 12.2 Å². The molecular weight excluding hydrogens is 420 g/mol. The summed E-state index contributed by atoms with van der Waals surface area (Å²) in [4.78, 5) is 12.9. The molecule has 2 N–H and O–H groups in total. The van der Waals surface area contributed by atoms with Crippen LogP contribution in [-0.2, 0) is 4.79 Å². The van der Waals surface area contributed by atoms with Crippen LogP contribution in [0.5, 0.6) is 0 Å². The van der Waals surface area contributed by atoms with Gasteiger partial charge in [-0.2, -0.15) is 0 Å². The van der Waals surface area contributed by atoms with Crippen molar-refractivity contribution >= 4 is 5.78 Å². The lowest BCUT2D eigenvalue weighted by Crippen LogP contribution is -2.66. The fourth-order valence-electron chi connectivity index (χ4n) is 10.1. The fourth-order valence-corrected chi connectivity index (χ4v) is 10.1. The molecule has 0 aromatic heterocycles. The average molecular weight is 473 g/mol. The van der Waals surface area contributed by atoms with Gasteiger partial charge in [-0.3, -0.25) is 4.79 Å². The maximum Gasteiger partial charge on any atom is 0.138 e. The standard InChI is InChI=1S/C31H52O3/c1-19(2)20(3)10-17-31(9,34)21-11-15-30(8)26(21)22(32)18-24-28(6)14-13-25(33)27(4,5)23(28)12-16-29(24,30)7/h19,21-24,26,32,34H,3,10-18H2,1-2,4-9H3/t21-,22+,23-,24+,26-,28-,29+,30+,31-/m0/s1. The summed E-state index contributed by atoms with van der Waals surface area (Å²) in [5.41, 5.74) is 0.388. The van der Waals surface area contributed by atoms with E-state index in [1.54, 1.807) is 0 Å². The lowest BCUT2D eigenvalue weighted by molar-refractivity contribution is -0.232. The molecule has 0 saturated heterocycles. The quantitative estimate of drug-likeness (QED) is 0.425. The van der Waals surface area contributed by atoms with Gasteiger partial charge < -0.3 is 10.2 Å². The van der Waals surface area contributed by atoms with Gasteiger partial charge in [-0.15, -0.1) is 0 Å². The molecule has 0 unspecified atom stereocenters. The highest BCUT2D eigenvalue weighted by atomic mass is 16.3. The zero-order chi connectivity index (χ0) is 25.5. The van der Waals surface area contributed by atoms with Crippen LogP contribution in [0.25, 0.3) is 0 Å². The predicted molar refractivity (Wildman–Crippen MR) is 139 cm³/mol. The Kier molecular flexibility index (Phi) is 6.34. The summed E-state index contributed by atoms with van der Waals surface area (Å²) < 4.78 is 0.